The summed E-state index contributed by atoms with van der Waals surface area (Å²) in [5.74, 6) is 0.597. The summed E-state index contributed by atoms with van der Waals surface area (Å²) in [6.45, 7) is 0.648. The van der Waals surface area contributed by atoms with Crippen LogP contribution in [0.3, 0.4) is 0 Å². The number of pyridine rings is 1. The lowest BCUT2D eigenvalue weighted by molar-refractivity contribution is -0.142. The van der Waals surface area contributed by atoms with E-state index in [1.54, 1.807) is 17.5 Å². The summed E-state index contributed by atoms with van der Waals surface area (Å²) in [6.07, 6.45) is 2.35. The first-order valence-corrected chi connectivity index (χ1v) is 6.96. The van der Waals surface area contributed by atoms with E-state index in [2.05, 4.69) is 10.3 Å². The minimum atomic E-state index is -0.268. The summed E-state index contributed by atoms with van der Waals surface area (Å²) in [6, 6.07) is 3.57. The Bertz CT molecular complexity index is 598. The van der Waals surface area contributed by atoms with Gasteiger partial charge in [-0.2, -0.15) is 0 Å². The van der Waals surface area contributed by atoms with Crippen molar-refractivity contribution in [2.24, 2.45) is 0 Å². The van der Waals surface area contributed by atoms with Crippen LogP contribution in [-0.2, 0) is 9.53 Å². The van der Waals surface area contributed by atoms with Crippen molar-refractivity contribution in [3.05, 3.63) is 23.7 Å². The SMILES string of the molecule is COC(=O)C1CC(Oc2ccnc3ccsc23)CN1. The summed E-state index contributed by atoms with van der Waals surface area (Å²) in [5, 5.41) is 5.10. The number of hydrogen-bond acceptors (Lipinski definition) is 6. The second-order valence-corrected chi connectivity index (χ2v) is 5.32. The van der Waals surface area contributed by atoms with Gasteiger partial charge in [0.05, 0.1) is 17.3 Å². The summed E-state index contributed by atoms with van der Waals surface area (Å²) in [4.78, 5) is 15.7. The minimum absolute atomic E-state index is 0.0169. The zero-order chi connectivity index (χ0) is 13.2. The first-order chi connectivity index (χ1) is 9.28. The summed E-state index contributed by atoms with van der Waals surface area (Å²) in [5.41, 5.74) is 0.943. The second kappa shape index (κ2) is 5.14. The number of fused-ring (bicyclic) bond motifs is 1. The Morgan fingerprint density at radius 3 is 3.26 bits per heavy atom. The summed E-state index contributed by atoms with van der Waals surface area (Å²) < 4.78 is 11.7. The van der Waals surface area contributed by atoms with Crippen LogP contribution in [0.1, 0.15) is 6.42 Å². The monoisotopic (exact) mass is 278 g/mol. The molecule has 1 fully saturated rings. The molecule has 100 valence electrons. The summed E-state index contributed by atoms with van der Waals surface area (Å²) in [7, 11) is 1.40. The molecule has 1 aliphatic rings. The number of ether oxygens (including phenoxy) is 2. The quantitative estimate of drug-likeness (QED) is 0.864. The number of nitrogens with zero attached hydrogens (tertiary/aromatic N) is 1. The van der Waals surface area contributed by atoms with Crippen molar-refractivity contribution in [3.8, 4) is 5.75 Å². The van der Waals surface area contributed by atoms with Gasteiger partial charge < -0.3 is 14.8 Å². The topological polar surface area (TPSA) is 60.5 Å². The van der Waals surface area contributed by atoms with Crippen molar-refractivity contribution >= 4 is 27.5 Å². The largest absolute Gasteiger partial charge is 0.487 e. The molecule has 19 heavy (non-hydrogen) atoms. The molecule has 2 aromatic rings. The van der Waals surface area contributed by atoms with Gasteiger partial charge in [-0.25, -0.2) is 0 Å². The Morgan fingerprint density at radius 2 is 2.42 bits per heavy atom. The fourth-order valence-corrected chi connectivity index (χ4v) is 3.04. The van der Waals surface area contributed by atoms with E-state index < -0.39 is 0 Å². The minimum Gasteiger partial charge on any atom is -0.487 e. The average Bonchev–Trinajstić information content (AvgIpc) is 3.07. The number of rotatable bonds is 3. The number of aromatic nitrogens is 1. The third-order valence-electron chi connectivity index (χ3n) is 3.18. The normalized spacial score (nSPS) is 22.6. The smallest absolute Gasteiger partial charge is 0.323 e. The third kappa shape index (κ3) is 2.41. The Morgan fingerprint density at radius 1 is 1.53 bits per heavy atom. The predicted molar refractivity (Wildman–Crippen MR) is 72.5 cm³/mol. The van der Waals surface area contributed by atoms with Crippen LogP contribution in [0.2, 0.25) is 0 Å². The zero-order valence-electron chi connectivity index (χ0n) is 10.5. The fourth-order valence-electron chi connectivity index (χ4n) is 2.24. The van der Waals surface area contributed by atoms with E-state index in [9.17, 15) is 4.79 Å². The Labute approximate surface area is 114 Å². The van der Waals surface area contributed by atoms with Gasteiger partial charge in [-0.05, 0) is 17.5 Å². The molecule has 3 heterocycles. The molecule has 0 aliphatic carbocycles. The Hall–Kier alpha value is -1.66. The highest BCUT2D eigenvalue weighted by molar-refractivity contribution is 7.17. The maximum absolute atomic E-state index is 11.4. The molecule has 2 unspecified atom stereocenters. The van der Waals surface area contributed by atoms with Crippen LogP contribution in [0.25, 0.3) is 10.2 Å². The zero-order valence-corrected chi connectivity index (χ0v) is 11.3. The van der Waals surface area contributed by atoms with E-state index in [4.69, 9.17) is 9.47 Å². The van der Waals surface area contributed by atoms with Gasteiger partial charge in [0.2, 0.25) is 0 Å². The number of methoxy groups -OCH3 is 1. The highest BCUT2D eigenvalue weighted by Crippen LogP contribution is 2.30. The average molecular weight is 278 g/mol. The third-order valence-corrected chi connectivity index (χ3v) is 4.10. The van der Waals surface area contributed by atoms with Crippen molar-refractivity contribution in [3.63, 3.8) is 0 Å². The number of carbonyl (C=O) groups excluding carboxylic acids is 1. The van der Waals surface area contributed by atoms with E-state index in [-0.39, 0.29) is 18.1 Å². The molecular weight excluding hydrogens is 264 g/mol. The van der Waals surface area contributed by atoms with Crippen molar-refractivity contribution < 1.29 is 14.3 Å². The van der Waals surface area contributed by atoms with Gasteiger partial charge >= 0.3 is 5.97 Å². The first-order valence-electron chi connectivity index (χ1n) is 6.08. The molecule has 6 heteroatoms. The van der Waals surface area contributed by atoms with Gasteiger partial charge in [0.1, 0.15) is 17.9 Å². The van der Waals surface area contributed by atoms with Crippen LogP contribution in [0.5, 0.6) is 5.75 Å². The number of carbonyl (C=O) groups is 1. The van der Waals surface area contributed by atoms with Crippen molar-refractivity contribution in [2.45, 2.75) is 18.6 Å². The Balaban J connectivity index is 1.73. The van der Waals surface area contributed by atoms with Crippen LogP contribution in [0, 0.1) is 0 Å². The van der Waals surface area contributed by atoms with Crippen LogP contribution < -0.4 is 10.1 Å². The van der Waals surface area contributed by atoms with Crippen LogP contribution in [0.4, 0.5) is 0 Å². The number of hydrogen-bond donors (Lipinski definition) is 1. The Kier molecular flexibility index (Phi) is 3.35. The van der Waals surface area contributed by atoms with Crippen LogP contribution in [0.15, 0.2) is 23.7 Å². The van der Waals surface area contributed by atoms with Gasteiger partial charge in [-0.1, -0.05) is 0 Å². The molecule has 3 rings (SSSR count). The molecule has 0 radical (unpaired) electrons. The number of thiophene rings is 1. The molecule has 1 N–H and O–H groups in total. The van der Waals surface area contributed by atoms with Crippen LogP contribution >= 0.6 is 11.3 Å². The molecule has 2 atom stereocenters. The van der Waals surface area contributed by atoms with E-state index in [1.165, 1.54) is 7.11 Å². The van der Waals surface area contributed by atoms with Gasteiger partial charge in [0.25, 0.3) is 0 Å². The lowest BCUT2D eigenvalue weighted by atomic mass is 10.2. The van der Waals surface area contributed by atoms with Gasteiger partial charge in [-0.15, -0.1) is 11.3 Å². The van der Waals surface area contributed by atoms with Gasteiger partial charge in [0.15, 0.2) is 0 Å². The maximum Gasteiger partial charge on any atom is 0.323 e. The lowest BCUT2D eigenvalue weighted by Gasteiger charge is -2.13. The van der Waals surface area contributed by atoms with E-state index in [1.807, 2.05) is 17.5 Å². The van der Waals surface area contributed by atoms with Crippen molar-refractivity contribution in [2.75, 3.05) is 13.7 Å². The highest BCUT2D eigenvalue weighted by atomic mass is 32.1. The van der Waals surface area contributed by atoms with Gasteiger partial charge in [-0.3, -0.25) is 9.78 Å². The molecule has 5 nitrogen and oxygen atoms in total. The highest BCUT2D eigenvalue weighted by Gasteiger charge is 2.31. The predicted octanol–water partition coefficient (Wildman–Crippen LogP) is 1.58. The molecule has 2 aromatic heterocycles. The summed E-state index contributed by atoms with van der Waals surface area (Å²) >= 11 is 1.61. The molecule has 0 spiro atoms. The number of esters is 1. The van der Waals surface area contributed by atoms with E-state index in [0.717, 1.165) is 16.0 Å². The van der Waals surface area contributed by atoms with E-state index in [0.29, 0.717) is 13.0 Å². The molecular formula is C13H14N2O3S. The molecule has 0 saturated carbocycles. The lowest BCUT2D eigenvalue weighted by Crippen LogP contribution is -2.31. The molecule has 0 aromatic carbocycles. The van der Waals surface area contributed by atoms with Crippen LogP contribution in [-0.4, -0.2) is 36.8 Å². The van der Waals surface area contributed by atoms with Crippen molar-refractivity contribution in [1.82, 2.24) is 10.3 Å². The number of nitrogens with one attached hydrogen (secondary N) is 1. The second-order valence-electron chi connectivity index (χ2n) is 4.40. The first kappa shape index (κ1) is 12.4. The fraction of sp³-hybridized carbons (Fsp3) is 0.385. The molecule has 1 saturated heterocycles. The van der Waals surface area contributed by atoms with Gasteiger partial charge in [0, 0.05) is 19.2 Å². The standard InChI is InChI=1S/C13H14N2O3S/c1-17-13(16)10-6-8(7-15-10)18-11-2-4-14-9-3-5-19-12(9)11/h2-5,8,10,15H,6-7H2,1H3. The molecule has 1 aliphatic heterocycles. The molecule has 0 bridgehead atoms. The molecule has 0 amide bonds. The maximum atomic E-state index is 11.4. The van der Waals surface area contributed by atoms with Crippen molar-refractivity contribution in [1.29, 1.82) is 0 Å². The van der Waals surface area contributed by atoms with E-state index >= 15 is 0 Å².